The molecular weight excluding hydrogens is 588 g/mol. The zero-order valence-electron chi connectivity index (χ0n) is 26.2. The summed E-state index contributed by atoms with van der Waals surface area (Å²) >= 11 is 0. The van der Waals surface area contributed by atoms with E-state index in [1.807, 2.05) is 0 Å². The smallest absolute Gasteiger partial charge is 0.338 e. The zero-order valence-corrected chi connectivity index (χ0v) is 26.2. The van der Waals surface area contributed by atoms with Gasteiger partial charge in [0.25, 0.3) is 0 Å². The second kappa shape index (κ2) is 13.2. The Morgan fingerprint density at radius 2 is 0.935 bits per heavy atom. The molecule has 10 heteroatoms. The van der Waals surface area contributed by atoms with Crippen LogP contribution in [-0.2, 0) is 28.7 Å². The highest BCUT2D eigenvalue weighted by molar-refractivity contribution is 6.06. The molecule has 2 aliphatic carbocycles. The molecule has 4 aliphatic rings. The summed E-state index contributed by atoms with van der Waals surface area (Å²) in [6.45, 7) is 3.41. The summed E-state index contributed by atoms with van der Waals surface area (Å²) < 4.78 is 11.0. The molecule has 6 rings (SSSR count). The van der Waals surface area contributed by atoms with Gasteiger partial charge in [-0.1, -0.05) is 36.4 Å². The van der Waals surface area contributed by atoms with Crippen molar-refractivity contribution in [3.05, 3.63) is 71.8 Å². The number of benzene rings is 2. The normalized spacial score (nSPS) is 28.8. The summed E-state index contributed by atoms with van der Waals surface area (Å²) in [4.78, 5) is 81.0. The molecule has 0 aromatic heterocycles. The maximum absolute atomic E-state index is 13.5. The lowest BCUT2D eigenvalue weighted by molar-refractivity contribution is -0.143. The van der Waals surface area contributed by atoms with E-state index in [0.29, 0.717) is 36.8 Å². The fourth-order valence-corrected chi connectivity index (χ4v) is 8.02. The Morgan fingerprint density at radius 1 is 0.587 bits per heavy atom. The van der Waals surface area contributed by atoms with E-state index in [4.69, 9.17) is 9.47 Å². The van der Waals surface area contributed by atoms with Crippen LogP contribution in [0.15, 0.2) is 60.7 Å². The molecule has 2 saturated heterocycles. The number of ether oxygens (including phenoxy) is 2. The summed E-state index contributed by atoms with van der Waals surface area (Å²) in [5.74, 6) is -3.06. The SMILES string of the molecule is CC(CN1C(=O)C2CCC(C3CC[C@H]4C(=O)N(CC(C)OC(=O)c5ccccc5)C(=O)C4C3)CC2C1=O)OC(=O)c1ccccc1. The van der Waals surface area contributed by atoms with Gasteiger partial charge in [-0.3, -0.25) is 29.0 Å². The lowest BCUT2D eigenvalue weighted by Gasteiger charge is -2.38. The zero-order chi connectivity index (χ0) is 32.5. The van der Waals surface area contributed by atoms with Crippen LogP contribution < -0.4 is 0 Å². The highest BCUT2D eigenvalue weighted by Gasteiger charge is 2.54. The fraction of sp³-hybridized carbons (Fsp3) is 0.500. The average Bonchev–Trinajstić information content (AvgIpc) is 3.44. The van der Waals surface area contributed by atoms with E-state index < -0.39 is 36.0 Å². The molecular formula is C36H40N2O8. The minimum Gasteiger partial charge on any atom is -0.457 e. The first-order valence-electron chi connectivity index (χ1n) is 16.3. The van der Waals surface area contributed by atoms with Crippen LogP contribution >= 0.6 is 0 Å². The topological polar surface area (TPSA) is 127 Å². The molecule has 2 saturated carbocycles. The molecule has 4 fully saturated rings. The number of hydrogen-bond donors (Lipinski definition) is 0. The quantitative estimate of drug-likeness (QED) is 0.298. The van der Waals surface area contributed by atoms with Crippen molar-refractivity contribution in [1.82, 2.24) is 9.80 Å². The molecule has 10 nitrogen and oxygen atoms in total. The maximum atomic E-state index is 13.5. The predicted octanol–water partition coefficient (Wildman–Crippen LogP) is 4.28. The molecule has 0 bridgehead atoms. The van der Waals surface area contributed by atoms with Crippen LogP contribution in [0.1, 0.15) is 73.1 Å². The van der Waals surface area contributed by atoms with Crippen LogP contribution in [0.2, 0.25) is 0 Å². The molecule has 46 heavy (non-hydrogen) atoms. The first-order chi connectivity index (χ1) is 22.1. The van der Waals surface area contributed by atoms with Crippen molar-refractivity contribution in [2.45, 2.75) is 64.6 Å². The Hall–Kier alpha value is -4.34. The minimum atomic E-state index is -0.648. The summed E-state index contributed by atoms with van der Waals surface area (Å²) in [5, 5.41) is 0. The summed E-state index contributed by atoms with van der Waals surface area (Å²) in [7, 11) is 0. The highest BCUT2D eigenvalue weighted by Crippen LogP contribution is 2.49. The van der Waals surface area contributed by atoms with E-state index in [1.54, 1.807) is 74.5 Å². The Morgan fingerprint density at radius 3 is 1.30 bits per heavy atom. The largest absolute Gasteiger partial charge is 0.457 e. The number of fused-ring (bicyclic) bond motifs is 2. The molecule has 242 valence electrons. The van der Waals surface area contributed by atoms with Crippen molar-refractivity contribution < 1.29 is 38.2 Å². The first-order valence-corrected chi connectivity index (χ1v) is 16.3. The maximum Gasteiger partial charge on any atom is 0.338 e. The molecule has 2 heterocycles. The second-order valence-electron chi connectivity index (χ2n) is 13.3. The Labute approximate surface area is 268 Å². The van der Waals surface area contributed by atoms with Crippen LogP contribution in [0.5, 0.6) is 0 Å². The fourth-order valence-electron chi connectivity index (χ4n) is 8.02. The van der Waals surface area contributed by atoms with Gasteiger partial charge in [0.2, 0.25) is 23.6 Å². The third kappa shape index (κ3) is 6.22. The molecule has 8 atom stereocenters. The van der Waals surface area contributed by atoms with Crippen molar-refractivity contribution in [3.8, 4) is 0 Å². The van der Waals surface area contributed by atoms with E-state index in [1.165, 1.54) is 9.80 Å². The van der Waals surface area contributed by atoms with E-state index >= 15 is 0 Å². The Balaban J connectivity index is 1.03. The molecule has 0 N–H and O–H groups in total. The van der Waals surface area contributed by atoms with Gasteiger partial charge in [-0.05, 0) is 88.5 Å². The average molecular weight is 629 g/mol. The predicted molar refractivity (Wildman–Crippen MR) is 165 cm³/mol. The van der Waals surface area contributed by atoms with E-state index in [2.05, 4.69) is 0 Å². The van der Waals surface area contributed by atoms with Gasteiger partial charge in [0.1, 0.15) is 12.2 Å². The monoisotopic (exact) mass is 628 g/mol. The van der Waals surface area contributed by atoms with Gasteiger partial charge in [0.05, 0.1) is 47.9 Å². The van der Waals surface area contributed by atoms with Gasteiger partial charge < -0.3 is 9.47 Å². The van der Waals surface area contributed by atoms with Crippen molar-refractivity contribution >= 4 is 35.6 Å². The standard InChI is InChI=1S/C36H40N2O8/c1-21(45-35(43)23-9-5-3-6-10-23)19-37-31(39)27-15-13-25(17-29(27)33(37)41)26-14-16-28-30(18-26)34(42)38(32(28)40)20-22(2)46-36(44)24-11-7-4-8-12-24/h3-12,21-22,25-30H,13-20H2,1-2H3/t21?,22?,25?,26?,27-,28?,29?,30?/m1/s1. The first kappa shape index (κ1) is 31.6. The van der Waals surface area contributed by atoms with E-state index in [9.17, 15) is 28.8 Å². The van der Waals surface area contributed by atoms with E-state index in [0.717, 1.165) is 12.8 Å². The van der Waals surface area contributed by atoms with Crippen LogP contribution in [0.3, 0.4) is 0 Å². The molecule has 0 radical (unpaired) electrons. The van der Waals surface area contributed by atoms with Gasteiger partial charge in [-0.15, -0.1) is 0 Å². The number of esters is 2. The third-order valence-corrected chi connectivity index (χ3v) is 10.3. The number of rotatable bonds is 9. The van der Waals surface area contributed by atoms with E-state index in [-0.39, 0.29) is 60.4 Å². The third-order valence-electron chi connectivity index (χ3n) is 10.3. The summed E-state index contributed by atoms with van der Waals surface area (Å²) in [6.07, 6.45) is 2.62. The van der Waals surface area contributed by atoms with Crippen molar-refractivity contribution in [2.75, 3.05) is 13.1 Å². The van der Waals surface area contributed by atoms with Crippen LogP contribution in [0, 0.1) is 35.5 Å². The minimum absolute atomic E-state index is 0.0205. The van der Waals surface area contributed by atoms with Gasteiger partial charge in [-0.2, -0.15) is 0 Å². The van der Waals surface area contributed by atoms with Crippen molar-refractivity contribution in [3.63, 3.8) is 0 Å². The number of carbonyl (C=O) groups excluding carboxylic acids is 6. The van der Waals surface area contributed by atoms with Gasteiger partial charge in [0.15, 0.2) is 0 Å². The van der Waals surface area contributed by atoms with Crippen LogP contribution in [-0.4, -0.2) is 70.7 Å². The van der Waals surface area contributed by atoms with Gasteiger partial charge in [0, 0.05) is 0 Å². The molecule has 2 aromatic rings. The summed E-state index contributed by atoms with van der Waals surface area (Å²) in [5.41, 5.74) is 0.817. The second-order valence-corrected chi connectivity index (χ2v) is 13.3. The lowest BCUT2D eigenvalue weighted by atomic mass is 9.64. The molecule has 0 spiro atoms. The Bertz CT molecular complexity index is 1400. The van der Waals surface area contributed by atoms with Crippen LogP contribution in [0.4, 0.5) is 0 Å². The van der Waals surface area contributed by atoms with Gasteiger partial charge in [-0.25, -0.2) is 9.59 Å². The Kier molecular flexibility index (Phi) is 9.06. The van der Waals surface area contributed by atoms with Crippen molar-refractivity contribution in [1.29, 1.82) is 0 Å². The number of likely N-dealkylation sites (tertiary alicyclic amines) is 2. The van der Waals surface area contributed by atoms with Crippen molar-refractivity contribution in [2.24, 2.45) is 35.5 Å². The van der Waals surface area contributed by atoms with Gasteiger partial charge >= 0.3 is 11.9 Å². The lowest BCUT2D eigenvalue weighted by Crippen LogP contribution is -2.38. The number of amides is 4. The highest BCUT2D eigenvalue weighted by atomic mass is 16.5. The summed E-state index contributed by atoms with van der Waals surface area (Å²) in [6, 6.07) is 17.2. The molecule has 4 amide bonds. The molecule has 2 aliphatic heterocycles. The van der Waals surface area contributed by atoms with Crippen LogP contribution in [0.25, 0.3) is 0 Å². The number of imide groups is 2. The number of carbonyl (C=O) groups is 6. The number of nitrogens with zero attached hydrogens (tertiary/aromatic N) is 2. The molecule has 7 unspecified atom stereocenters. The molecule has 2 aromatic carbocycles. The number of hydrogen-bond acceptors (Lipinski definition) is 8.